The van der Waals surface area contributed by atoms with Crippen molar-refractivity contribution in [3.05, 3.63) is 29.0 Å². The number of aromatic nitrogens is 1. The van der Waals surface area contributed by atoms with Crippen molar-refractivity contribution in [2.45, 2.75) is 39.2 Å². The summed E-state index contributed by atoms with van der Waals surface area (Å²) < 4.78 is 0. The molecule has 3 atom stereocenters. The van der Waals surface area contributed by atoms with Crippen LogP contribution in [0.4, 0.5) is 0 Å². The Balaban J connectivity index is 1.98. The maximum Gasteiger partial charge on any atom is 0.253 e. The Bertz CT molecular complexity index is 418. The molecular formula is C14H19ClN2O. The van der Waals surface area contributed by atoms with E-state index in [1.807, 2.05) is 0 Å². The van der Waals surface area contributed by atoms with Crippen LogP contribution in [-0.2, 0) is 0 Å². The average molecular weight is 267 g/mol. The molecule has 3 unspecified atom stereocenters. The fourth-order valence-corrected chi connectivity index (χ4v) is 2.90. The van der Waals surface area contributed by atoms with Crippen LogP contribution >= 0.6 is 11.6 Å². The zero-order chi connectivity index (χ0) is 13.1. The van der Waals surface area contributed by atoms with Gasteiger partial charge < -0.3 is 5.32 Å². The minimum absolute atomic E-state index is 0.0484. The zero-order valence-corrected chi connectivity index (χ0v) is 11.6. The number of nitrogens with zero attached hydrogens (tertiary/aromatic N) is 1. The monoisotopic (exact) mass is 266 g/mol. The van der Waals surface area contributed by atoms with Crippen LogP contribution in [-0.4, -0.2) is 16.9 Å². The third kappa shape index (κ3) is 2.83. The normalized spacial score (nSPS) is 27.2. The van der Waals surface area contributed by atoms with Gasteiger partial charge in [-0.3, -0.25) is 4.79 Å². The van der Waals surface area contributed by atoms with Crippen LogP contribution in [0.25, 0.3) is 0 Å². The minimum atomic E-state index is -0.0484. The Morgan fingerprint density at radius 3 is 2.83 bits per heavy atom. The standard InChI is InChI=1S/C14H19ClN2O/c1-3-10-4-6-12(9(10)2)17-14(18)11-5-7-13(15)16-8-11/h5,7-10,12H,3-4,6H2,1-2H3,(H,17,18). The molecule has 1 saturated carbocycles. The van der Waals surface area contributed by atoms with Gasteiger partial charge in [-0.15, -0.1) is 0 Å². The van der Waals surface area contributed by atoms with Gasteiger partial charge in [0.2, 0.25) is 0 Å². The molecule has 4 heteroatoms. The molecule has 1 aromatic rings. The summed E-state index contributed by atoms with van der Waals surface area (Å²) in [6, 6.07) is 3.64. The predicted octanol–water partition coefficient (Wildman–Crippen LogP) is 3.29. The number of halogens is 1. The molecule has 1 fully saturated rings. The van der Waals surface area contributed by atoms with Gasteiger partial charge in [0.1, 0.15) is 5.15 Å². The lowest BCUT2D eigenvalue weighted by molar-refractivity contribution is 0.0926. The molecule has 2 rings (SSSR count). The van der Waals surface area contributed by atoms with Gasteiger partial charge in [-0.2, -0.15) is 0 Å². The van der Waals surface area contributed by atoms with E-state index in [1.165, 1.54) is 19.0 Å². The van der Waals surface area contributed by atoms with Crippen LogP contribution in [0.3, 0.4) is 0 Å². The summed E-state index contributed by atoms with van der Waals surface area (Å²) in [6.45, 7) is 4.45. The first-order valence-corrected chi connectivity index (χ1v) is 6.92. The second-order valence-electron chi connectivity index (χ2n) is 5.05. The fourth-order valence-electron chi connectivity index (χ4n) is 2.79. The molecule has 1 heterocycles. The summed E-state index contributed by atoms with van der Waals surface area (Å²) in [5.41, 5.74) is 0.576. The van der Waals surface area contributed by atoms with Crippen molar-refractivity contribution < 1.29 is 4.79 Å². The second kappa shape index (κ2) is 5.70. The van der Waals surface area contributed by atoms with Crippen molar-refractivity contribution in [2.75, 3.05) is 0 Å². The molecule has 0 saturated heterocycles. The van der Waals surface area contributed by atoms with E-state index < -0.39 is 0 Å². The Morgan fingerprint density at radius 1 is 1.50 bits per heavy atom. The SMILES string of the molecule is CCC1CCC(NC(=O)c2ccc(Cl)nc2)C1C. The maximum atomic E-state index is 12.1. The maximum absolute atomic E-state index is 12.1. The molecule has 0 bridgehead atoms. The highest BCUT2D eigenvalue weighted by Crippen LogP contribution is 2.33. The molecule has 0 spiro atoms. The first-order valence-electron chi connectivity index (χ1n) is 6.54. The van der Waals surface area contributed by atoms with Crippen LogP contribution in [0.2, 0.25) is 5.15 Å². The lowest BCUT2D eigenvalue weighted by Crippen LogP contribution is -2.37. The Hall–Kier alpha value is -1.09. The zero-order valence-electron chi connectivity index (χ0n) is 10.8. The van der Waals surface area contributed by atoms with E-state index in [9.17, 15) is 4.79 Å². The van der Waals surface area contributed by atoms with Crippen molar-refractivity contribution in [3.63, 3.8) is 0 Å². The highest BCUT2D eigenvalue weighted by molar-refractivity contribution is 6.29. The molecule has 3 nitrogen and oxygen atoms in total. The van der Waals surface area contributed by atoms with Gasteiger partial charge in [0.15, 0.2) is 0 Å². The third-order valence-corrected chi connectivity index (χ3v) is 4.28. The van der Waals surface area contributed by atoms with Gasteiger partial charge in [-0.05, 0) is 36.8 Å². The first kappa shape index (κ1) is 13.3. The van der Waals surface area contributed by atoms with Gasteiger partial charge in [-0.1, -0.05) is 31.9 Å². The van der Waals surface area contributed by atoms with Gasteiger partial charge in [-0.25, -0.2) is 4.98 Å². The number of nitrogens with one attached hydrogen (secondary N) is 1. The lowest BCUT2D eigenvalue weighted by Gasteiger charge is -2.20. The van der Waals surface area contributed by atoms with Crippen molar-refractivity contribution >= 4 is 17.5 Å². The quantitative estimate of drug-likeness (QED) is 0.853. The number of amides is 1. The lowest BCUT2D eigenvalue weighted by atomic mass is 9.93. The Kier molecular flexibility index (Phi) is 4.23. The minimum Gasteiger partial charge on any atom is -0.349 e. The molecule has 1 aliphatic carbocycles. The summed E-state index contributed by atoms with van der Waals surface area (Å²) in [4.78, 5) is 16.0. The van der Waals surface area contributed by atoms with E-state index in [-0.39, 0.29) is 11.9 Å². The van der Waals surface area contributed by atoms with Crippen molar-refractivity contribution in [2.24, 2.45) is 11.8 Å². The molecule has 98 valence electrons. The van der Waals surface area contributed by atoms with Crippen LogP contribution in [0, 0.1) is 11.8 Å². The molecule has 1 aliphatic rings. The van der Waals surface area contributed by atoms with Crippen LogP contribution < -0.4 is 5.32 Å². The topological polar surface area (TPSA) is 42.0 Å². The summed E-state index contributed by atoms with van der Waals surface area (Å²) in [6.07, 6.45) is 5.00. The number of carbonyl (C=O) groups excluding carboxylic acids is 1. The van der Waals surface area contributed by atoms with Crippen molar-refractivity contribution in [3.8, 4) is 0 Å². The molecule has 0 radical (unpaired) electrons. The van der Waals surface area contributed by atoms with E-state index in [0.717, 1.165) is 12.3 Å². The van der Waals surface area contributed by atoms with Crippen LogP contribution in [0.15, 0.2) is 18.3 Å². The number of hydrogen-bond donors (Lipinski definition) is 1. The average Bonchev–Trinajstić information content (AvgIpc) is 2.71. The fraction of sp³-hybridized carbons (Fsp3) is 0.571. The van der Waals surface area contributed by atoms with E-state index in [2.05, 4.69) is 24.1 Å². The first-order chi connectivity index (χ1) is 8.61. The molecule has 1 aromatic heterocycles. The third-order valence-electron chi connectivity index (χ3n) is 4.06. The molecular weight excluding hydrogens is 248 g/mol. The Labute approximate surface area is 113 Å². The van der Waals surface area contributed by atoms with E-state index in [4.69, 9.17) is 11.6 Å². The van der Waals surface area contributed by atoms with E-state index in [1.54, 1.807) is 12.1 Å². The van der Waals surface area contributed by atoms with Gasteiger partial charge in [0, 0.05) is 12.2 Å². The number of hydrogen-bond acceptors (Lipinski definition) is 2. The van der Waals surface area contributed by atoms with Crippen LogP contribution in [0.5, 0.6) is 0 Å². The highest BCUT2D eigenvalue weighted by atomic mass is 35.5. The number of pyridine rings is 1. The summed E-state index contributed by atoms with van der Waals surface area (Å²) in [5, 5.41) is 3.52. The molecule has 0 aromatic carbocycles. The van der Waals surface area contributed by atoms with Gasteiger partial charge in [0.05, 0.1) is 5.56 Å². The molecule has 1 N–H and O–H groups in total. The Morgan fingerprint density at radius 2 is 2.28 bits per heavy atom. The highest BCUT2D eigenvalue weighted by Gasteiger charge is 2.32. The van der Waals surface area contributed by atoms with Crippen molar-refractivity contribution in [1.82, 2.24) is 10.3 Å². The number of carbonyl (C=O) groups is 1. The number of rotatable bonds is 3. The summed E-state index contributed by atoms with van der Waals surface area (Å²) >= 11 is 5.70. The van der Waals surface area contributed by atoms with Gasteiger partial charge in [0.25, 0.3) is 5.91 Å². The largest absolute Gasteiger partial charge is 0.349 e. The summed E-state index contributed by atoms with van der Waals surface area (Å²) in [7, 11) is 0. The molecule has 0 aliphatic heterocycles. The second-order valence-corrected chi connectivity index (χ2v) is 5.44. The smallest absolute Gasteiger partial charge is 0.253 e. The predicted molar refractivity (Wildman–Crippen MR) is 72.7 cm³/mol. The van der Waals surface area contributed by atoms with E-state index in [0.29, 0.717) is 16.6 Å². The molecule has 18 heavy (non-hydrogen) atoms. The van der Waals surface area contributed by atoms with Crippen molar-refractivity contribution in [1.29, 1.82) is 0 Å². The summed E-state index contributed by atoms with van der Waals surface area (Å²) in [5.74, 6) is 1.24. The van der Waals surface area contributed by atoms with Gasteiger partial charge >= 0.3 is 0 Å². The molecule has 1 amide bonds. The van der Waals surface area contributed by atoms with Crippen LogP contribution in [0.1, 0.15) is 43.5 Å². The van der Waals surface area contributed by atoms with E-state index >= 15 is 0 Å².